The van der Waals surface area contributed by atoms with Gasteiger partial charge in [-0.15, -0.1) is 0 Å². The van der Waals surface area contributed by atoms with E-state index in [1.807, 2.05) is 13.8 Å². The van der Waals surface area contributed by atoms with Crippen LogP contribution in [0.3, 0.4) is 0 Å². The number of carbonyl (C=O) groups is 1. The van der Waals surface area contributed by atoms with Crippen molar-refractivity contribution in [1.82, 2.24) is 9.97 Å². The standard InChI is InChI=1S/C12H19N3O3/c1-11(2,12(3,4)17)15-9-7-13-8(6-14-9)10(16)18-5/h6-7,17H,1-5H3,(H,14,15). The maximum Gasteiger partial charge on any atom is 0.358 e. The van der Waals surface area contributed by atoms with Crippen LogP contribution < -0.4 is 5.32 Å². The summed E-state index contributed by atoms with van der Waals surface area (Å²) in [7, 11) is 1.29. The summed E-state index contributed by atoms with van der Waals surface area (Å²) in [5.74, 6) is -0.0504. The van der Waals surface area contributed by atoms with Gasteiger partial charge in [-0.2, -0.15) is 0 Å². The van der Waals surface area contributed by atoms with Crippen LogP contribution in [0.15, 0.2) is 12.4 Å². The van der Waals surface area contributed by atoms with Crippen LogP contribution in [0.2, 0.25) is 0 Å². The van der Waals surface area contributed by atoms with Gasteiger partial charge in [-0.05, 0) is 27.7 Å². The summed E-state index contributed by atoms with van der Waals surface area (Å²) < 4.78 is 4.53. The minimum Gasteiger partial charge on any atom is -0.464 e. The zero-order valence-electron chi connectivity index (χ0n) is 11.3. The molecule has 6 nitrogen and oxygen atoms in total. The van der Waals surface area contributed by atoms with Crippen molar-refractivity contribution in [3.05, 3.63) is 18.1 Å². The Morgan fingerprint density at radius 1 is 1.28 bits per heavy atom. The molecule has 18 heavy (non-hydrogen) atoms. The van der Waals surface area contributed by atoms with Crippen molar-refractivity contribution >= 4 is 11.8 Å². The van der Waals surface area contributed by atoms with Crippen LogP contribution in [0, 0.1) is 0 Å². The molecule has 100 valence electrons. The van der Waals surface area contributed by atoms with E-state index in [9.17, 15) is 9.90 Å². The number of hydrogen-bond acceptors (Lipinski definition) is 6. The SMILES string of the molecule is COC(=O)c1cnc(NC(C)(C)C(C)(C)O)cn1. The third-order valence-electron chi connectivity index (χ3n) is 3.02. The second-order valence-corrected chi connectivity index (χ2v) is 5.09. The van der Waals surface area contributed by atoms with Crippen LogP contribution in [0.1, 0.15) is 38.2 Å². The first-order chi connectivity index (χ1) is 8.17. The molecule has 0 saturated heterocycles. The number of nitrogens with zero attached hydrogens (tertiary/aromatic N) is 2. The Labute approximate surface area is 106 Å². The average molecular weight is 253 g/mol. The van der Waals surface area contributed by atoms with E-state index in [0.29, 0.717) is 5.82 Å². The van der Waals surface area contributed by atoms with Gasteiger partial charge in [0.15, 0.2) is 5.69 Å². The molecular weight excluding hydrogens is 234 g/mol. The summed E-state index contributed by atoms with van der Waals surface area (Å²) in [6.45, 7) is 7.11. The molecule has 2 N–H and O–H groups in total. The van der Waals surface area contributed by atoms with Gasteiger partial charge in [-0.25, -0.2) is 14.8 Å². The van der Waals surface area contributed by atoms with E-state index in [-0.39, 0.29) is 5.69 Å². The highest BCUT2D eigenvalue weighted by Gasteiger charge is 2.35. The quantitative estimate of drug-likeness (QED) is 0.785. The molecule has 0 aromatic carbocycles. The van der Waals surface area contributed by atoms with E-state index < -0.39 is 17.1 Å². The predicted octanol–water partition coefficient (Wildman–Crippen LogP) is 1.22. The van der Waals surface area contributed by atoms with E-state index in [0.717, 1.165) is 0 Å². The number of carbonyl (C=O) groups excluding carboxylic acids is 1. The molecule has 0 aliphatic heterocycles. The Balaban J connectivity index is 2.85. The molecule has 1 aromatic heterocycles. The number of nitrogens with one attached hydrogen (secondary N) is 1. The maximum absolute atomic E-state index is 11.2. The number of anilines is 1. The second-order valence-electron chi connectivity index (χ2n) is 5.09. The molecule has 0 aliphatic rings. The Bertz CT molecular complexity index is 421. The molecule has 0 unspecified atom stereocenters. The van der Waals surface area contributed by atoms with Gasteiger partial charge in [0.1, 0.15) is 5.82 Å². The van der Waals surface area contributed by atoms with Crippen LogP contribution in [-0.4, -0.2) is 39.3 Å². The summed E-state index contributed by atoms with van der Waals surface area (Å²) in [5, 5.41) is 13.1. The second kappa shape index (κ2) is 4.89. The highest BCUT2D eigenvalue weighted by molar-refractivity contribution is 5.86. The van der Waals surface area contributed by atoms with Crippen molar-refractivity contribution in [3.63, 3.8) is 0 Å². The normalized spacial score (nSPS) is 12.1. The molecule has 0 fully saturated rings. The first kappa shape index (κ1) is 14.4. The van der Waals surface area contributed by atoms with Gasteiger partial charge in [-0.3, -0.25) is 0 Å². The number of methoxy groups -OCH3 is 1. The summed E-state index contributed by atoms with van der Waals surface area (Å²) in [6.07, 6.45) is 2.76. The number of esters is 1. The first-order valence-electron chi connectivity index (χ1n) is 5.58. The third-order valence-corrected chi connectivity index (χ3v) is 3.02. The van der Waals surface area contributed by atoms with Crippen molar-refractivity contribution < 1.29 is 14.6 Å². The van der Waals surface area contributed by atoms with E-state index in [1.165, 1.54) is 19.5 Å². The molecule has 0 spiro atoms. The van der Waals surface area contributed by atoms with E-state index in [1.54, 1.807) is 13.8 Å². The molecule has 0 aliphatic carbocycles. The molecule has 1 rings (SSSR count). The Morgan fingerprint density at radius 3 is 2.28 bits per heavy atom. The minimum absolute atomic E-state index is 0.143. The lowest BCUT2D eigenvalue weighted by Gasteiger charge is -2.38. The number of hydrogen-bond donors (Lipinski definition) is 2. The molecular formula is C12H19N3O3. The van der Waals surface area contributed by atoms with E-state index >= 15 is 0 Å². The van der Waals surface area contributed by atoms with Crippen LogP contribution in [0.4, 0.5) is 5.82 Å². The number of rotatable bonds is 4. The van der Waals surface area contributed by atoms with Crippen LogP contribution in [-0.2, 0) is 4.74 Å². The fourth-order valence-electron chi connectivity index (χ4n) is 1.08. The topological polar surface area (TPSA) is 84.3 Å². The molecule has 0 amide bonds. The molecule has 0 atom stereocenters. The smallest absolute Gasteiger partial charge is 0.358 e. The molecule has 0 bridgehead atoms. The third kappa shape index (κ3) is 3.16. The van der Waals surface area contributed by atoms with Crippen molar-refractivity contribution in [1.29, 1.82) is 0 Å². The summed E-state index contributed by atoms with van der Waals surface area (Å²) in [6, 6.07) is 0. The number of aromatic nitrogens is 2. The zero-order valence-corrected chi connectivity index (χ0v) is 11.3. The van der Waals surface area contributed by atoms with Gasteiger partial charge in [0.2, 0.25) is 0 Å². The summed E-state index contributed by atoms with van der Waals surface area (Å²) >= 11 is 0. The van der Waals surface area contributed by atoms with Crippen LogP contribution in [0.25, 0.3) is 0 Å². The van der Waals surface area contributed by atoms with Gasteiger partial charge in [0, 0.05) is 0 Å². The average Bonchev–Trinajstić information content (AvgIpc) is 2.27. The fraction of sp³-hybridized carbons (Fsp3) is 0.583. The zero-order chi connectivity index (χ0) is 14.0. The summed E-state index contributed by atoms with van der Waals surface area (Å²) in [4.78, 5) is 19.2. The lowest BCUT2D eigenvalue weighted by Crippen LogP contribution is -2.51. The van der Waals surface area contributed by atoms with Crippen molar-refractivity contribution in [2.24, 2.45) is 0 Å². The Hall–Kier alpha value is -1.69. The highest BCUT2D eigenvalue weighted by Crippen LogP contribution is 2.24. The van der Waals surface area contributed by atoms with E-state index in [4.69, 9.17) is 0 Å². The van der Waals surface area contributed by atoms with Crippen molar-refractivity contribution in [2.45, 2.75) is 38.8 Å². The lowest BCUT2D eigenvalue weighted by atomic mass is 9.86. The van der Waals surface area contributed by atoms with Gasteiger partial charge in [0.25, 0.3) is 0 Å². The monoisotopic (exact) mass is 253 g/mol. The fourth-order valence-corrected chi connectivity index (χ4v) is 1.08. The van der Waals surface area contributed by atoms with Crippen LogP contribution >= 0.6 is 0 Å². The van der Waals surface area contributed by atoms with Crippen LogP contribution in [0.5, 0.6) is 0 Å². The molecule has 6 heteroatoms. The largest absolute Gasteiger partial charge is 0.464 e. The van der Waals surface area contributed by atoms with Gasteiger partial charge in [-0.1, -0.05) is 0 Å². The molecule has 0 radical (unpaired) electrons. The Kier molecular flexibility index (Phi) is 3.91. The number of ether oxygens (including phenoxy) is 1. The molecule has 1 aromatic rings. The predicted molar refractivity (Wildman–Crippen MR) is 67.4 cm³/mol. The van der Waals surface area contributed by atoms with Gasteiger partial charge >= 0.3 is 5.97 Å². The van der Waals surface area contributed by atoms with Gasteiger partial charge in [0.05, 0.1) is 30.6 Å². The molecule has 1 heterocycles. The van der Waals surface area contributed by atoms with Crippen molar-refractivity contribution in [3.8, 4) is 0 Å². The Morgan fingerprint density at radius 2 is 1.89 bits per heavy atom. The highest BCUT2D eigenvalue weighted by atomic mass is 16.5. The summed E-state index contributed by atoms with van der Waals surface area (Å²) in [5.41, 5.74) is -1.38. The van der Waals surface area contributed by atoms with Crippen molar-refractivity contribution in [2.75, 3.05) is 12.4 Å². The minimum atomic E-state index is -0.935. The van der Waals surface area contributed by atoms with Gasteiger partial charge < -0.3 is 15.2 Å². The van der Waals surface area contributed by atoms with E-state index in [2.05, 4.69) is 20.0 Å². The lowest BCUT2D eigenvalue weighted by molar-refractivity contribution is 0.0238. The maximum atomic E-state index is 11.2. The number of aliphatic hydroxyl groups is 1. The first-order valence-corrected chi connectivity index (χ1v) is 5.58. The molecule has 0 saturated carbocycles.